The van der Waals surface area contributed by atoms with Crippen LogP contribution in [-0.2, 0) is 9.84 Å². The Morgan fingerprint density at radius 3 is 2.17 bits per heavy atom. The first-order chi connectivity index (χ1) is 8.38. The van der Waals surface area contributed by atoms with Crippen LogP contribution >= 0.6 is 0 Å². The van der Waals surface area contributed by atoms with E-state index >= 15 is 0 Å². The van der Waals surface area contributed by atoms with Crippen LogP contribution in [0.25, 0.3) is 11.3 Å². The summed E-state index contributed by atoms with van der Waals surface area (Å²) in [7, 11) is -3.18. The summed E-state index contributed by atoms with van der Waals surface area (Å²) in [6, 6.07) is 9.88. The number of hydrogen-bond donors (Lipinski definition) is 1. The van der Waals surface area contributed by atoms with E-state index < -0.39 is 15.9 Å². The second kappa shape index (κ2) is 4.59. The minimum Gasteiger partial charge on any atom is -0.458 e. The molecule has 0 aliphatic carbocycles. The maximum Gasteiger partial charge on any atom is 0.175 e. The molecule has 1 N–H and O–H groups in total. The Bertz CT molecular complexity index is 636. The van der Waals surface area contributed by atoms with Gasteiger partial charge in [-0.25, -0.2) is 8.42 Å². The van der Waals surface area contributed by atoms with E-state index in [1.807, 2.05) is 0 Å². The van der Waals surface area contributed by atoms with E-state index in [9.17, 15) is 13.5 Å². The molecule has 1 unspecified atom stereocenters. The summed E-state index contributed by atoms with van der Waals surface area (Å²) in [5.74, 6) is 1.09. The highest BCUT2D eigenvalue weighted by atomic mass is 32.2. The zero-order chi connectivity index (χ0) is 13.3. The molecule has 2 aromatic rings. The van der Waals surface area contributed by atoms with Crippen LogP contribution in [-0.4, -0.2) is 19.8 Å². The fraction of sp³-hybridized carbons (Fsp3) is 0.231. The normalized spacial score (nSPS) is 13.5. The van der Waals surface area contributed by atoms with Crippen molar-refractivity contribution in [2.75, 3.05) is 6.26 Å². The molecule has 0 aliphatic heterocycles. The maximum atomic E-state index is 11.3. The molecule has 1 atom stereocenters. The molecule has 0 radical (unpaired) electrons. The summed E-state index contributed by atoms with van der Waals surface area (Å²) in [5, 5.41) is 9.36. The Morgan fingerprint density at radius 2 is 1.72 bits per heavy atom. The number of furan rings is 1. The van der Waals surface area contributed by atoms with Crippen molar-refractivity contribution in [2.45, 2.75) is 17.9 Å². The predicted octanol–water partition coefficient (Wildman–Crippen LogP) is 2.40. The lowest BCUT2D eigenvalue weighted by atomic mass is 10.2. The molecule has 18 heavy (non-hydrogen) atoms. The first-order valence-corrected chi connectivity index (χ1v) is 7.35. The largest absolute Gasteiger partial charge is 0.458 e. The molecule has 96 valence electrons. The van der Waals surface area contributed by atoms with E-state index in [1.54, 1.807) is 31.2 Å². The van der Waals surface area contributed by atoms with Crippen molar-refractivity contribution in [3.8, 4) is 11.3 Å². The van der Waals surface area contributed by atoms with Gasteiger partial charge in [0.25, 0.3) is 0 Å². The fourth-order valence-corrected chi connectivity index (χ4v) is 2.23. The zero-order valence-corrected chi connectivity index (χ0v) is 10.9. The molecule has 1 heterocycles. The first-order valence-electron chi connectivity index (χ1n) is 5.46. The monoisotopic (exact) mass is 266 g/mol. The first kappa shape index (κ1) is 12.9. The Morgan fingerprint density at radius 1 is 1.11 bits per heavy atom. The Kier molecular flexibility index (Phi) is 3.28. The molecule has 0 fully saturated rings. The molecule has 0 spiro atoms. The number of sulfone groups is 1. The number of benzene rings is 1. The summed E-state index contributed by atoms with van der Waals surface area (Å²) < 4.78 is 28.1. The minimum atomic E-state index is -3.18. The second-order valence-electron chi connectivity index (χ2n) is 4.17. The van der Waals surface area contributed by atoms with Gasteiger partial charge in [0.2, 0.25) is 0 Å². The van der Waals surface area contributed by atoms with Crippen LogP contribution in [0.1, 0.15) is 18.8 Å². The van der Waals surface area contributed by atoms with Crippen molar-refractivity contribution in [2.24, 2.45) is 0 Å². The summed E-state index contributed by atoms with van der Waals surface area (Å²) >= 11 is 0. The van der Waals surface area contributed by atoms with Gasteiger partial charge in [-0.05, 0) is 43.3 Å². The number of aliphatic hydroxyl groups is 1. The van der Waals surface area contributed by atoms with Crippen LogP contribution in [0.5, 0.6) is 0 Å². The lowest BCUT2D eigenvalue weighted by Gasteiger charge is -2.01. The topological polar surface area (TPSA) is 67.5 Å². The van der Waals surface area contributed by atoms with Crippen LogP contribution < -0.4 is 0 Å². The Hall–Kier alpha value is -1.59. The fourth-order valence-electron chi connectivity index (χ4n) is 1.60. The van der Waals surface area contributed by atoms with E-state index in [2.05, 4.69) is 0 Å². The van der Waals surface area contributed by atoms with Crippen molar-refractivity contribution in [3.05, 3.63) is 42.2 Å². The number of hydrogen-bond acceptors (Lipinski definition) is 4. The van der Waals surface area contributed by atoms with Crippen LogP contribution in [0, 0.1) is 0 Å². The Labute approximate surface area is 106 Å². The molecule has 0 amide bonds. The van der Waals surface area contributed by atoms with E-state index in [0.717, 1.165) is 5.56 Å². The molecule has 0 aliphatic rings. The molecule has 5 heteroatoms. The summed E-state index contributed by atoms with van der Waals surface area (Å²) in [6.45, 7) is 1.62. The second-order valence-corrected chi connectivity index (χ2v) is 6.19. The molecule has 0 bridgehead atoms. The third-order valence-electron chi connectivity index (χ3n) is 2.61. The molecule has 0 saturated heterocycles. The quantitative estimate of drug-likeness (QED) is 0.926. The number of rotatable bonds is 3. The highest BCUT2D eigenvalue weighted by Gasteiger charge is 2.10. The van der Waals surface area contributed by atoms with Gasteiger partial charge < -0.3 is 9.52 Å². The van der Waals surface area contributed by atoms with Gasteiger partial charge in [-0.15, -0.1) is 0 Å². The van der Waals surface area contributed by atoms with E-state index in [4.69, 9.17) is 4.42 Å². The summed E-state index contributed by atoms with van der Waals surface area (Å²) in [4.78, 5) is 0.272. The van der Waals surface area contributed by atoms with Gasteiger partial charge >= 0.3 is 0 Å². The summed E-state index contributed by atoms with van der Waals surface area (Å²) in [5.41, 5.74) is 0.773. The van der Waals surface area contributed by atoms with Gasteiger partial charge in [0.05, 0.1) is 4.90 Å². The molecule has 0 saturated carbocycles. The van der Waals surface area contributed by atoms with Crippen molar-refractivity contribution >= 4 is 9.84 Å². The average molecular weight is 266 g/mol. The highest BCUT2D eigenvalue weighted by molar-refractivity contribution is 7.90. The third kappa shape index (κ3) is 2.63. The van der Waals surface area contributed by atoms with Gasteiger partial charge in [0.15, 0.2) is 9.84 Å². The maximum absolute atomic E-state index is 11.3. The zero-order valence-electron chi connectivity index (χ0n) is 10.1. The number of aliphatic hydroxyl groups excluding tert-OH is 1. The molecule has 1 aromatic heterocycles. The van der Waals surface area contributed by atoms with Gasteiger partial charge in [-0.3, -0.25) is 0 Å². The summed E-state index contributed by atoms with van der Waals surface area (Å²) in [6.07, 6.45) is 0.509. The smallest absolute Gasteiger partial charge is 0.175 e. The van der Waals surface area contributed by atoms with Crippen LogP contribution in [0.4, 0.5) is 0 Å². The highest BCUT2D eigenvalue weighted by Crippen LogP contribution is 2.26. The lowest BCUT2D eigenvalue weighted by molar-refractivity contribution is 0.170. The molecular weight excluding hydrogens is 252 g/mol. The molecule has 2 rings (SSSR count). The third-order valence-corrected chi connectivity index (χ3v) is 3.73. The van der Waals surface area contributed by atoms with Gasteiger partial charge in [-0.2, -0.15) is 0 Å². The Balaban J connectivity index is 2.34. The van der Waals surface area contributed by atoms with Gasteiger partial charge in [0.1, 0.15) is 17.6 Å². The van der Waals surface area contributed by atoms with Gasteiger partial charge in [0, 0.05) is 11.8 Å². The van der Waals surface area contributed by atoms with Crippen LogP contribution in [0.3, 0.4) is 0 Å². The van der Waals surface area contributed by atoms with E-state index in [0.29, 0.717) is 11.5 Å². The average Bonchev–Trinajstić information content (AvgIpc) is 2.77. The van der Waals surface area contributed by atoms with E-state index in [-0.39, 0.29) is 4.90 Å². The molecular formula is C13H14O4S. The standard InChI is InChI=1S/C13H14O4S/c1-9(14)12-7-8-13(17-12)10-3-5-11(6-4-10)18(2,15)16/h3-9,14H,1-2H3. The molecule has 4 nitrogen and oxygen atoms in total. The lowest BCUT2D eigenvalue weighted by Crippen LogP contribution is -1.96. The van der Waals surface area contributed by atoms with E-state index in [1.165, 1.54) is 18.4 Å². The van der Waals surface area contributed by atoms with Crippen LogP contribution in [0.15, 0.2) is 45.7 Å². The minimum absolute atomic E-state index is 0.272. The van der Waals surface area contributed by atoms with Crippen molar-refractivity contribution in [1.29, 1.82) is 0 Å². The predicted molar refractivity (Wildman–Crippen MR) is 67.9 cm³/mol. The molecule has 1 aromatic carbocycles. The van der Waals surface area contributed by atoms with Crippen molar-refractivity contribution in [1.82, 2.24) is 0 Å². The van der Waals surface area contributed by atoms with Gasteiger partial charge in [-0.1, -0.05) is 0 Å². The van der Waals surface area contributed by atoms with Crippen molar-refractivity contribution < 1.29 is 17.9 Å². The van der Waals surface area contributed by atoms with Crippen LogP contribution in [0.2, 0.25) is 0 Å². The SMILES string of the molecule is CC(O)c1ccc(-c2ccc(S(C)(=O)=O)cc2)o1. The van der Waals surface area contributed by atoms with Crippen molar-refractivity contribution in [3.63, 3.8) is 0 Å².